The third-order valence-corrected chi connectivity index (χ3v) is 14.6. The molecule has 0 radical (unpaired) electrons. The number of ether oxygens (including phenoxy) is 2. The summed E-state index contributed by atoms with van der Waals surface area (Å²) >= 11 is 3.22. The number of nitrogens with zero attached hydrogens (tertiary/aromatic N) is 7. The van der Waals surface area contributed by atoms with Gasteiger partial charge >= 0.3 is 5.97 Å². The summed E-state index contributed by atoms with van der Waals surface area (Å²) in [5.74, 6) is 2.03. The van der Waals surface area contributed by atoms with Crippen LogP contribution >= 0.6 is 22.7 Å². The number of anilines is 4. The number of aliphatic carboxylic acids is 1. The molecule has 1 amide bonds. The molecule has 15 nitrogen and oxygen atoms in total. The Balaban J connectivity index is 0.000000164. The number of aryl methyl sites for hydroxylation is 2. The lowest BCUT2D eigenvalue weighted by Gasteiger charge is -2.28. The van der Waals surface area contributed by atoms with Gasteiger partial charge in [0.05, 0.1) is 61.0 Å². The maximum absolute atomic E-state index is 13.1. The van der Waals surface area contributed by atoms with Gasteiger partial charge in [0.1, 0.15) is 45.5 Å². The topological polar surface area (TPSA) is 197 Å². The molecule has 6 aromatic rings. The standard InChI is InChI=1S/C26H31N5O3S.C20H18N4O3S/c1-26(2,33)7-8-31(3)25(32)15-5-6-18-21(11-15)35-24-22(18)23(28-14-29-24)30-19-9-16-12-27-13-17(16)10-20(19)34-4;1-27-15-5-12-8-21-7-11(12)4-14(15)24-18-17-13-3-2-10(20(25)26)6-16(13)28-19(17)23-9-22-18/h9-10,12,14-15,33H,5-8,11,13H2,1-4H3,(H,28,29,30);4-5,7,9-10H,2-3,6,8H2,1H3,(H,25,26)(H,22,23,24)/t15-;10-/m00/s1. The van der Waals surface area contributed by atoms with Crippen LogP contribution in [0, 0.1) is 11.8 Å². The number of hydrogen-bond acceptors (Lipinski definition) is 15. The number of thiophene rings is 2. The van der Waals surface area contributed by atoms with Crippen LogP contribution in [0.1, 0.15) is 76.2 Å². The van der Waals surface area contributed by atoms with E-state index in [1.165, 1.54) is 16.0 Å². The van der Waals surface area contributed by atoms with Gasteiger partial charge in [-0.1, -0.05) is 0 Å². The minimum absolute atomic E-state index is 0.0529. The normalized spacial score (nSPS) is 17.0. The number of carbonyl (C=O) groups excluding carboxylic acids is 1. The molecule has 326 valence electrons. The number of aromatic nitrogens is 4. The number of carbonyl (C=O) groups is 2. The predicted octanol–water partition coefficient (Wildman–Crippen LogP) is 7.67. The molecule has 10 rings (SSSR count). The molecular weight excluding hydrogens is 839 g/mol. The lowest BCUT2D eigenvalue weighted by atomic mass is 9.86. The van der Waals surface area contributed by atoms with Crippen LogP contribution in [0.2, 0.25) is 0 Å². The van der Waals surface area contributed by atoms with Gasteiger partial charge in [-0.3, -0.25) is 19.6 Å². The average molecular weight is 888 g/mol. The molecule has 2 aliphatic carbocycles. The number of fused-ring (bicyclic) bond motifs is 8. The second-order valence-corrected chi connectivity index (χ2v) is 19.2. The smallest absolute Gasteiger partial charge is 0.306 e. The number of rotatable bonds is 11. The molecule has 2 atom stereocenters. The molecule has 0 saturated heterocycles. The van der Waals surface area contributed by atoms with Crippen molar-refractivity contribution in [2.75, 3.05) is 38.4 Å². The maximum Gasteiger partial charge on any atom is 0.306 e. The Bertz CT molecular complexity index is 2830. The second-order valence-electron chi connectivity index (χ2n) is 17.0. The Morgan fingerprint density at radius 1 is 0.778 bits per heavy atom. The minimum Gasteiger partial charge on any atom is -0.495 e. The molecule has 0 unspecified atom stereocenters. The van der Waals surface area contributed by atoms with Gasteiger partial charge in [0, 0.05) is 41.7 Å². The van der Waals surface area contributed by atoms with Crippen LogP contribution < -0.4 is 20.1 Å². The largest absolute Gasteiger partial charge is 0.495 e. The number of nitrogens with one attached hydrogen (secondary N) is 2. The molecular formula is C46H49N9O6S2. The zero-order chi connectivity index (χ0) is 44.0. The second kappa shape index (κ2) is 17.3. The highest BCUT2D eigenvalue weighted by atomic mass is 32.1. The van der Waals surface area contributed by atoms with E-state index in [9.17, 15) is 19.8 Å². The lowest BCUT2D eigenvalue weighted by molar-refractivity contribution is -0.142. The van der Waals surface area contributed by atoms with Crippen LogP contribution in [0.25, 0.3) is 20.4 Å². The highest BCUT2D eigenvalue weighted by Gasteiger charge is 2.32. The van der Waals surface area contributed by atoms with Crippen molar-refractivity contribution in [2.24, 2.45) is 21.8 Å². The molecule has 4 N–H and O–H groups in total. The number of methoxy groups -OCH3 is 2. The monoisotopic (exact) mass is 887 g/mol. The summed E-state index contributed by atoms with van der Waals surface area (Å²) in [7, 11) is 5.15. The molecule has 6 heterocycles. The molecule has 4 aromatic heterocycles. The number of amides is 1. The number of hydrogen-bond donors (Lipinski definition) is 4. The molecule has 2 aromatic carbocycles. The van der Waals surface area contributed by atoms with Crippen molar-refractivity contribution in [3.8, 4) is 11.5 Å². The number of carboxylic acids is 1. The quantitative estimate of drug-likeness (QED) is 0.0993. The number of carboxylic acid groups (broad SMARTS) is 1. The summed E-state index contributed by atoms with van der Waals surface area (Å²) in [4.78, 5) is 57.1. The van der Waals surface area contributed by atoms with Crippen LogP contribution in [0.4, 0.5) is 23.0 Å². The molecule has 2 aliphatic heterocycles. The molecule has 0 bridgehead atoms. The van der Waals surface area contributed by atoms with Gasteiger partial charge < -0.3 is 35.2 Å². The van der Waals surface area contributed by atoms with Crippen molar-refractivity contribution in [1.82, 2.24) is 24.8 Å². The van der Waals surface area contributed by atoms with E-state index in [0.29, 0.717) is 45.3 Å². The molecule has 0 saturated carbocycles. The minimum atomic E-state index is -0.782. The Morgan fingerprint density at radius 3 is 1.75 bits per heavy atom. The summed E-state index contributed by atoms with van der Waals surface area (Å²) in [6.45, 7) is 5.44. The van der Waals surface area contributed by atoms with E-state index in [-0.39, 0.29) is 17.7 Å². The van der Waals surface area contributed by atoms with E-state index >= 15 is 0 Å². The Kier molecular flexibility index (Phi) is 11.6. The third kappa shape index (κ3) is 8.56. The van der Waals surface area contributed by atoms with E-state index in [0.717, 1.165) is 101 Å². The fraction of sp³-hybridized carbons (Fsp3) is 0.391. The summed E-state index contributed by atoms with van der Waals surface area (Å²) < 4.78 is 11.2. The number of aliphatic hydroxyl groups is 1. The first-order valence-electron chi connectivity index (χ1n) is 21.0. The summed E-state index contributed by atoms with van der Waals surface area (Å²) in [5, 5.41) is 28.3. The van der Waals surface area contributed by atoms with Crippen LogP contribution in [-0.2, 0) is 48.4 Å². The van der Waals surface area contributed by atoms with Gasteiger partial charge in [-0.25, -0.2) is 19.9 Å². The highest BCUT2D eigenvalue weighted by Crippen LogP contribution is 2.44. The molecule has 4 aliphatic rings. The van der Waals surface area contributed by atoms with Crippen molar-refractivity contribution >= 4 is 90.4 Å². The van der Waals surface area contributed by atoms with Gasteiger partial charge in [-0.2, -0.15) is 0 Å². The summed E-state index contributed by atoms with van der Waals surface area (Å²) in [6.07, 6.45) is 11.7. The van der Waals surface area contributed by atoms with E-state index in [1.54, 1.807) is 68.3 Å². The number of aliphatic imine (C=N–C) groups is 2. The van der Waals surface area contributed by atoms with Gasteiger partial charge in [-0.05, 0) is 116 Å². The van der Waals surface area contributed by atoms with Crippen molar-refractivity contribution < 1.29 is 29.3 Å². The van der Waals surface area contributed by atoms with Gasteiger partial charge in [0.25, 0.3) is 0 Å². The van der Waals surface area contributed by atoms with Gasteiger partial charge in [-0.15, -0.1) is 22.7 Å². The first kappa shape index (κ1) is 42.3. The Morgan fingerprint density at radius 2 is 1.27 bits per heavy atom. The first-order valence-corrected chi connectivity index (χ1v) is 22.7. The van der Waals surface area contributed by atoms with E-state index in [1.807, 2.05) is 37.7 Å². The first-order chi connectivity index (χ1) is 30.4. The fourth-order valence-electron chi connectivity index (χ4n) is 8.76. The summed E-state index contributed by atoms with van der Waals surface area (Å²) in [5.41, 5.74) is 7.74. The van der Waals surface area contributed by atoms with Crippen LogP contribution in [0.15, 0.2) is 46.9 Å². The van der Waals surface area contributed by atoms with Crippen LogP contribution in [0.5, 0.6) is 11.5 Å². The lowest BCUT2D eigenvalue weighted by Crippen LogP contribution is -2.38. The maximum atomic E-state index is 13.1. The Labute approximate surface area is 372 Å². The van der Waals surface area contributed by atoms with Crippen LogP contribution in [-0.4, -0.2) is 92.8 Å². The predicted molar refractivity (Wildman–Crippen MR) is 247 cm³/mol. The zero-order valence-corrected chi connectivity index (χ0v) is 37.5. The van der Waals surface area contributed by atoms with Crippen molar-refractivity contribution in [1.29, 1.82) is 0 Å². The SMILES string of the molecule is COc1cc2c(cc1Nc1ncnc3sc4c(c13)CC[C@H](C(=O)N(C)CCC(C)(C)O)C4)C=NC2.COc1cc2c(cc1Nc1ncnc3sc4c(c13)CC[C@H](C(=O)O)C4)C=NC2. The van der Waals surface area contributed by atoms with E-state index in [2.05, 4.69) is 46.6 Å². The van der Waals surface area contributed by atoms with E-state index in [4.69, 9.17) is 9.47 Å². The highest BCUT2D eigenvalue weighted by molar-refractivity contribution is 7.19. The zero-order valence-electron chi connectivity index (χ0n) is 35.8. The molecule has 0 spiro atoms. The van der Waals surface area contributed by atoms with E-state index < -0.39 is 11.6 Å². The van der Waals surface area contributed by atoms with Crippen molar-refractivity contribution in [3.63, 3.8) is 0 Å². The van der Waals surface area contributed by atoms with Crippen LogP contribution in [0.3, 0.4) is 0 Å². The average Bonchev–Trinajstić information content (AvgIpc) is 4.09. The Hall–Kier alpha value is -6.04. The summed E-state index contributed by atoms with van der Waals surface area (Å²) in [6, 6.07) is 8.11. The third-order valence-electron chi connectivity index (χ3n) is 12.2. The van der Waals surface area contributed by atoms with Gasteiger partial charge in [0.15, 0.2) is 0 Å². The van der Waals surface area contributed by atoms with Crippen molar-refractivity contribution in [3.05, 3.63) is 80.1 Å². The fourth-order valence-corrected chi connectivity index (χ4v) is 11.3. The van der Waals surface area contributed by atoms with Gasteiger partial charge in [0.2, 0.25) is 5.91 Å². The molecule has 17 heteroatoms. The molecule has 63 heavy (non-hydrogen) atoms. The van der Waals surface area contributed by atoms with Crippen molar-refractivity contribution in [2.45, 2.75) is 77.5 Å². The molecule has 0 fully saturated rings. The number of benzene rings is 2.